The molecule has 0 aliphatic rings. The van der Waals surface area contributed by atoms with Crippen LogP contribution in [0.25, 0.3) is 0 Å². The van der Waals surface area contributed by atoms with E-state index in [-0.39, 0.29) is 78.4 Å². The van der Waals surface area contributed by atoms with Crippen LogP contribution in [0.2, 0.25) is 0 Å². The van der Waals surface area contributed by atoms with Crippen molar-refractivity contribution >= 4 is 11.9 Å². The van der Waals surface area contributed by atoms with Crippen molar-refractivity contribution < 1.29 is 84.0 Å². The van der Waals surface area contributed by atoms with Crippen LogP contribution in [0, 0.1) is 0 Å². The van der Waals surface area contributed by atoms with Gasteiger partial charge in [-0.05, 0) is 12.8 Å². The van der Waals surface area contributed by atoms with Crippen molar-refractivity contribution in [2.45, 2.75) is 19.3 Å². The van der Waals surface area contributed by atoms with Crippen molar-refractivity contribution in [1.29, 1.82) is 0 Å². The molecule has 0 bridgehead atoms. The first kappa shape index (κ1) is 18.6. The van der Waals surface area contributed by atoms with Gasteiger partial charge in [0.05, 0.1) is 0 Å². The first-order valence-corrected chi connectivity index (χ1v) is 2.69. The Morgan fingerprint density at radius 2 is 1.67 bits per heavy atom. The van der Waals surface area contributed by atoms with Gasteiger partial charge in [-0.3, -0.25) is 4.79 Å². The van der Waals surface area contributed by atoms with Gasteiger partial charge in [0.1, 0.15) is 0 Å². The van der Waals surface area contributed by atoms with Crippen LogP contribution in [-0.4, -0.2) is 11.9 Å². The molecule has 0 N–H and O–H groups in total. The first-order chi connectivity index (χ1) is 4.66. The van der Waals surface area contributed by atoms with E-state index in [9.17, 15) is 20.0 Å². The fourth-order valence-corrected chi connectivity index (χ4v) is 0.419. The molecular weight excluding hydrogens is 186 g/mol. The van der Waals surface area contributed by atoms with Gasteiger partial charge in [0.15, 0.2) is 0 Å². The fourth-order valence-electron chi connectivity index (χ4n) is 0.419. The largest absolute Gasteiger partial charge is 1.00 e. The standard InChI is InChI=1S/C5H8O5.2Na/c6-4(7)2-1-3-5(8)10-9;;/h9H,1-3H2,(H,6,7);;/q;2*+1/p-2. The summed E-state index contributed by atoms with van der Waals surface area (Å²) >= 11 is 0. The molecule has 0 aromatic heterocycles. The molecule has 0 amide bonds. The van der Waals surface area contributed by atoms with E-state index >= 15 is 0 Å². The predicted octanol–water partition coefficient (Wildman–Crippen LogP) is -8.27. The maximum absolute atomic E-state index is 10.0. The van der Waals surface area contributed by atoms with Crippen molar-refractivity contribution in [3.05, 3.63) is 0 Å². The molecule has 0 spiro atoms. The molecule has 5 nitrogen and oxygen atoms in total. The third kappa shape index (κ3) is 13.5. The van der Waals surface area contributed by atoms with Gasteiger partial charge in [0, 0.05) is 12.4 Å². The number of aliphatic carboxylic acids is 1. The normalized spacial score (nSPS) is 7.42. The second kappa shape index (κ2) is 11.9. The number of hydrogen-bond donors (Lipinski definition) is 0. The fraction of sp³-hybridized carbons (Fsp3) is 0.600. The molecule has 0 aromatic carbocycles. The van der Waals surface area contributed by atoms with E-state index in [1.165, 1.54) is 0 Å². The zero-order valence-electron chi connectivity index (χ0n) is 7.16. The van der Waals surface area contributed by atoms with Crippen LogP contribution < -0.4 is 69.5 Å². The average molecular weight is 192 g/mol. The van der Waals surface area contributed by atoms with Gasteiger partial charge < -0.3 is 20.0 Å². The Hall–Kier alpha value is 0.900. The Bertz CT molecular complexity index is 138. The van der Waals surface area contributed by atoms with Crippen molar-refractivity contribution in [3.8, 4) is 0 Å². The van der Waals surface area contributed by atoms with E-state index in [1.54, 1.807) is 0 Å². The molecule has 0 aromatic rings. The maximum atomic E-state index is 10.0. The van der Waals surface area contributed by atoms with Crippen molar-refractivity contribution in [1.82, 2.24) is 0 Å². The summed E-state index contributed by atoms with van der Waals surface area (Å²) in [7, 11) is 0. The topological polar surface area (TPSA) is 89.5 Å². The van der Waals surface area contributed by atoms with Crippen LogP contribution in [0.1, 0.15) is 19.3 Å². The number of rotatable bonds is 4. The van der Waals surface area contributed by atoms with E-state index in [0.29, 0.717) is 0 Å². The van der Waals surface area contributed by atoms with Crippen molar-refractivity contribution in [3.63, 3.8) is 0 Å². The van der Waals surface area contributed by atoms with Crippen molar-refractivity contribution in [2.75, 3.05) is 0 Å². The number of hydrogen-bond acceptors (Lipinski definition) is 5. The summed E-state index contributed by atoms with van der Waals surface area (Å²) in [6, 6.07) is 0. The van der Waals surface area contributed by atoms with Crippen LogP contribution in [0.3, 0.4) is 0 Å². The van der Waals surface area contributed by atoms with Crippen molar-refractivity contribution in [2.24, 2.45) is 0 Å². The minimum absolute atomic E-state index is 0. The van der Waals surface area contributed by atoms with Crippen LogP contribution in [0.5, 0.6) is 0 Å². The molecule has 0 heterocycles. The predicted molar refractivity (Wildman–Crippen MR) is 24.9 cm³/mol. The Labute approximate surface area is 114 Å². The van der Waals surface area contributed by atoms with E-state index in [1.807, 2.05) is 0 Å². The Balaban J connectivity index is -0.000000405. The van der Waals surface area contributed by atoms with Gasteiger partial charge in [0.25, 0.3) is 5.97 Å². The van der Waals surface area contributed by atoms with E-state index < -0.39 is 11.9 Å². The molecule has 0 saturated heterocycles. The zero-order valence-corrected chi connectivity index (χ0v) is 11.2. The molecule has 0 fully saturated rings. The Kier molecular flexibility index (Phi) is 18.5. The quantitative estimate of drug-likeness (QED) is 0.250. The number of carboxylic acids is 1. The minimum Gasteiger partial charge on any atom is -0.662 e. The second-order valence-electron chi connectivity index (χ2n) is 1.68. The van der Waals surface area contributed by atoms with Gasteiger partial charge in [0.2, 0.25) is 0 Å². The van der Waals surface area contributed by atoms with Gasteiger partial charge in [-0.15, -0.1) is 0 Å². The smallest absolute Gasteiger partial charge is 0.662 e. The van der Waals surface area contributed by atoms with Crippen LogP contribution in [-0.2, 0) is 14.5 Å². The SMILES string of the molecule is O=C([O-])CCCC(=O)O[O-].[Na+].[Na+]. The molecule has 0 atom stereocenters. The zero-order chi connectivity index (χ0) is 7.98. The summed E-state index contributed by atoms with van der Waals surface area (Å²) in [4.78, 5) is 22.8. The Morgan fingerprint density at radius 3 is 2.00 bits per heavy atom. The molecule has 0 rings (SSSR count). The van der Waals surface area contributed by atoms with Gasteiger partial charge in [-0.2, -0.15) is 0 Å². The molecule has 12 heavy (non-hydrogen) atoms. The molecule has 58 valence electrons. The number of carbonyl (C=O) groups excluding carboxylic acids is 2. The van der Waals surface area contributed by atoms with Crippen LogP contribution in [0.15, 0.2) is 0 Å². The number of carboxylic acid groups (broad SMARTS) is 1. The molecule has 0 aliphatic heterocycles. The third-order valence-corrected chi connectivity index (χ3v) is 0.855. The molecule has 0 aliphatic carbocycles. The van der Waals surface area contributed by atoms with E-state index in [4.69, 9.17) is 0 Å². The monoisotopic (exact) mass is 192 g/mol. The first-order valence-electron chi connectivity index (χ1n) is 2.69. The summed E-state index contributed by atoms with van der Waals surface area (Å²) in [5.41, 5.74) is 0. The molecular formula is C5H6Na2O5. The average Bonchev–Trinajstić information content (AvgIpc) is 1.87. The van der Waals surface area contributed by atoms with E-state index in [2.05, 4.69) is 4.89 Å². The van der Waals surface area contributed by atoms with Crippen LogP contribution >= 0.6 is 0 Å². The number of carbonyl (C=O) groups is 2. The maximum Gasteiger partial charge on any atom is 1.00 e. The third-order valence-electron chi connectivity index (χ3n) is 0.855. The van der Waals surface area contributed by atoms with E-state index in [0.717, 1.165) is 0 Å². The van der Waals surface area contributed by atoms with Gasteiger partial charge >= 0.3 is 59.1 Å². The summed E-state index contributed by atoms with van der Waals surface area (Å²) in [5.74, 6) is -2.18. The minimum atomic E-state index is -1.24. The molecule has 0 saturated carbocycles. The van der Waals surface area contributed by atoms with Crippen LogP contribution in [0.4, 0.5) is 0 Å². The summed E-state index contributed by atoms with van der Waals surface area (Å²) in [5, 5.41) is 19.0. The Morgan fingerprint density at radius 1 is 1.17 bits per heavy atom. The van der Waals surface area contributed by atoms with Gasteiger partial charge in [-0.25, -0.2) is 0 Å². The molecule has 0 radical (unpaired) electrons. The summed E-state index contributed by atoms with van der Waals surface area (Å²) in [6.45, 7) is 0. The summed E-state index contributed by atoms with van der Waals surface area (Å²) < 4.78 is 0. The van der Waals surface area contributed by atoms with Gasteiger partial charge in [-0.1, -0.05) is 0 Å². The molecule has 0 unspecified atom stereocenters. The summed E-state index contributed by atoms with van der Waals surface area (Å²) in [6.07, 6.45) is -0.310. The molecule has 7 heteroatoms. The second-order valence-corrected chi connectivity index (χ2v) is 1.68.